The number of nitrogens with one attached hydrogen (secondary N) is 1. The Balaban J connectivity index is 1.41. The van der Waals surface area contributed by atoms with Crippen LogP contribution in [0.2, 0.25) is 0 Å². The maximum absolute atomic E-state index is 13.4. The van der Waals surface area contributed by atoms with E-state index in [1.54, 1.807) is 33.9 Å². The zero-order valence-electron chi connectivity index (χ0n) is 18.5. The molecular weight excluding hydrogens is 408 g/mol. The van der Waals surface area contributed by atoms with Crippen molar-refractivity contribution < 1.29 is 9.59 Å². The Bertz CT molecular complexity index is 1130. The highest BCUT2D eigenvalue weighted by Gasteiger charge is 2.48. The molecule has 9 nitrogen and oxygen atoms in total. The van der Waals surface area contributed by atoms with E-state index < -0.39 is 0 Å². The number of fused-ring (bicyclic) bond motifs is 3. The lowest BCUT2D eigenvalue weighted by molar-refractivity contribution is 0.0726. The number of urea groups is 1. The molecule has 5 heterocycles. The van der Waals surface area contributed by atoms with Crippen molar-refractivity contribution in [3.05, 3.63) is 57.5 Å². The van der Waals surface area contributed by atoms with E-state index in [0.29, 0.717) is 43.9 Å². The van der Waals surface area contributed by atoms with Gasteiger partial charge in [0, 0.05) is 50.3 Å². The molecule has 3 amide bonds. The molecule has 3 aliphatic rings. The third-order valence-electron chi connectivity index (χ3n) is 6.83. The Labute approximate surface area is 186 Å². The standard InChI is InChI=1S/C23H28N6O3/c1-15(2)25-22(32)28-11-7-23(14-28)8-12-29-19(30)16-13-27(10-6-17(16)26-21(23)29)20(31)18-5-3-4-9-24-18/h3-5,9,15H,6-8,10-14H2,1-2H3,(H,25,32)/t23-/m1/s1. The summed E-state index contributed by atoms with van der Waals surface area (Å²) in [5.74, 6) is 0.644. The summed E-state index contributed by atoms with van der Waals surface area (Å²) in [7, 11) is 0. The molecule has 168 valence electrons. The highest BCUT2D eigenvalue weighted by molar-refractivity contribution is 5.92. The summed E-state index contributed by atoms with van der Waals surface area (Å²) in [5, 5.41) is 2.96. The van der Waals surface area contributed by atoms with Gasteiger partial charge in [0.2, 0.25) is 0 Å². The van der Waals surface area contributed by atoms with Gasteiger partial charge in [0.15, 0.2) is 0 Å². The van der Waals surface area contributed by atoms with Crippen LogP contribution >= 0.6 is 0 Å². The second-order valence-electron chi connectivity index (χ2n) is 9.32. The number of amides is 3. The van der Waals surface area contributed by atoms with E-state index in [4.69, 9.17) is 4.98 Å². The monoisotopic (exact) mass is 436 g/mol. The molecule has 2 aromatic rings. The van der Waals surface area contributed by atoms with Gasteiger partial charge in [-0.2, -0.15) is 0 Å². The SMILES string of the molecule is CC(C)NC(=O)N1CC[C@@]2(CCn3c2nc2c(c3=O)CN(C(=O)c3ccccn3)CC2)C1. The van der Waals surface area contributed by atoms with Gasteiger partial charge in [0.05, 0.1) is 17.8 Å². The number of hydrogen-bond donors (Lipinski definition) is 1. The Morgan fingerprint density at radius 3 is 2.69 bits per heavy atom. The Hall–Kier alpha value is -3.23. The lowest BCUT2D eigenvalue weighted by atomic mass is 9.85. The van der Waals surface area contributed by atoms with E-state index in [1.807, 2.05) is 18.7 Å². The molecule has 2 aromatic heterocycles. The quantitative estimate of drug-likeness (QED) is 0.765. The average molecular weight is 437 g/mol. The molecule has 0 saturated carbocycles. The summed E-state index contributed by atoms with van der Waals surface area (Å²) >= 11 is 0. The Morgan fingerprint density at radius 2 is 1.94 bits per heavy atom. The minimum Gasteiger partial charge on any atom is -0.336 e. The summed E-state index contributed by atoms with van der Waals surface area (Å²) in [6.07, 6.45) is 3.76. The van der Waals surface area contributed by atoms with Crippen molar-refractivity contribution in [2.75, 3.05) is 19.6 Å². The fourth-order valence-corrected chi connectivity index (χ4v) is 5.16. The molecule has 5 rings (SSSR count). The van der Waals surface area contributed by atoms with Crippen LogP contribution in [-0.2, 0) is 24.9 Å². The summed E-state index contributed by atoms with van der Waals surface area (Å²) in [4.78, 5) is 51.4. The van der Waals surface area contributed by atoms with Crippen molar-refractivity contribution in [3.63, 3.8) is 0 Å². The van der Waals surface area contributed by atoms with E-state index in [-0.39, 0.29) is 35.5 Å². The zero-order chi connectivity index (χ0) is 22.5. The van der Waals surface area contributed by atoms with Gasteiger partial charge < -0.3 is 15.1 Å². The molecule has 0 aliphatic carbocycles. The van der Waals surface area contributed by atoms with Crippen LogP contribution in [0.3, 0.4) is 0 Å². The number of carbonyl (C=O) groups is 2. The molecule has 1 spiro atoms. The van der Waals surface area contributed by atoms with Gasteiger partial charge in [0.25, 0.3) is 11.5 Å². The highest BCUT2D eigenvalue weighted by Crippen LogP contribution is 2.41. The topological polar surface area (TPSA) is 100 Å². The predicted octanol–water partition coefficient (Wildman–Crippen LogP) is 1.30. The molecule has 0 radical (unpaired) electrons. The summed E-state index contributed by atoms with van der Waals surface area (Å²) < 4.78 is 1.78. The van der Waals surface area contributed by atoms with Crippen molar-refractivity contribution in [2.24, 2.45) is 0 Å². The lowest BCUT2D eigenvalue weighted by Gasteiger charge is -2.29. The first-order valence-electron chi connectivity index (χ1n) is 11.3. The smallest absolute Gasteiger partial charge is 0.317 e. The van der Waals surface area contributed by atoms with Crippen molar-refractivity contribution in [2.45, 2.75) is 57.7 Å². The minimum atomic E-state index is -0.260. The molecule has 32 heavy (non-hydrogen) atoms. The Kier molecular flexibility index (Phi) is 4.98. The Morgan fingerprint density at radius 1 is 1.12 bits per heavy atom. The number of pyridine rings is 1. The van der Waals surface area contributed by atoms with Crippen LogP contribution in [0.5, 0.6) is 0 Å². The van der Waals surface area contributed by atoms with Gasteiger partial charge in [-0.25, -0.2) is 9.78 Å². The van der Waals surface area contributed by atoms with Crippen LogP contribution in [0.4, 0.5) is 4.79 Å². The average Bonchev–Trinajstić information content (AvgIpc) is 3.38. The number of nitrogens with zero attached hydrogens (tertiary/aromatic N) is 5. The van der Waals surface area contributed by atoms with Crippen molar-refractivity contribution >= 4 is 11.9 Å². The third-order valence-corrected chi connectivity index (χ3v) is 6.83. The summed E-state index contributed by atoms with van der Waals surface area (Å²) in [5.41, 5.74) is 1.47. The molecule has 1 N–H and O–H groups in total. The molecule has 0 aromatic carbocycles. The fourth-order valence-electron chi connectivity index (χ4n) is 5.16. The van der Waals surface area contributed by atoms with Gasteiger partial charge >= 0.3 is 6.03 Å². The largest absolute Gasteiger partial charge is 0.336 e. The first-order chi connectivity index (χ1) is 15.4. The maximum Gasteiger partial charge on any atom is 0.317 e. The number of likely N-dealkylation sites (tertiary alicyclic amines) is 1. The van der Waals surface area contributed by atoms with E-state index in [1.165, 1.54) is 0 Å². The van der Waals surface area contributed by atoms with Gasteiger partial charge in [-0.3, -0.25) is 19.1 Å². The predicted molar refractivity (Wildman–Crippen MR) is 117 cm³/mol. The molecule has 0 bridgehead atoms. The summed E-state index contributed by atoms with van der Waals surface area (Å²) in [6, 6.07) is 5.27. The molecule has 9 heteroatoms. The molecule has 1 atom stereocenters. The van der Waals surface area contributed by atoms with Crippen LogP contribution in [0.25, 0.3) is 0 Å². The van der Waals surface area contributed by atoms with Crippen molar-refractivity contribution in [1.82, 2.24) is 29.7 Å². The first kappa shape index (κ1) is 20.7. The number of aromatic nitrogens is 3. The molecule has 1 fully saturated rings. The second kappa shape index (κ2) is 7.72. The van der Waals surface area contributed by atoms with Crippen LogP contribution in [0.15, 0.2) is 29.2 Å². The second-order valence-corrected chi connectivity index (χ2v) is 9.32. The van der Waals surface area contributed by atoms with Gasteiger partial charge in [-0.05, 0) is 38.8 Å². The third kappa shape index (κ3) is 3.36. The highest BCUT2D eigenvalue weighted by atomic mass is 16.2. The summed E-state index contributed by atoms with van der Waals surface area (Å²) in [6.45, 7) is 6.51. The van der Waals surface area contributed by atoms with Crippen LogP contribution in [0.1, 0.15) is 54.3 Å². The normalized spacial score (nSPS) is 21.7. The van der Waals surface area contributed by atoms with Crippen molar-refractivity contribution in [1.29, 1.82) is 0 Å². The van der Waals surface area contributed by atoms with E-state index >= 15 is 0 Å². The van der Waals surface area contributed by atoms with Gasteiger partial charge in [-0.1, -0.05) is 6.07 Å². The van der Waals surface area contributed by atoms with E-state index in [2.05, 4.69) is 10.3 Å². The van der Waals surface area contributed by atoms with Crippen LogP contribution < -0.4 is 10.9 Å². The van der Waals surface area contributed by atoms with Crippen LogP contribution in [-0.4, -0.2) is 61.9 Å². The van der Waals surface area contributed by atoms with Crippen LogP contribution in [0, 0.1) is 0 Å². The van der Waals surface area contributed by atoms with E-state index in [0.717, 1.165) is 24.4 Å². The molecule has 3 aliphatic heterocycles. The number of hydrogen-bond acceptors (Lipinski definition) is 5. The number of rotatable bonds is 2. The molecular formula is C23H28N6O3. The molecule has 1 saturated heterocycles. The fraction of sp³-hybridized carbons (Fsp3) is 0.522. The number of carbonyl (C=O) groups excluding carboxylic acids is 2. The molecule has 0 unspecified atom stereocenters. The zero-order valence-corrected chi connectivity index (χ0v) is 18.5. The van der Waals surface area contributed by atoms with E-state index in [9.17, 15) is 14.4 Å². The lowest BCUT2D eigenvalue weighted by Crippen LogP contribution is -2.44. The first-order valence-corrected chi connectivity index (χ1v) is 11.3. The van der Waals surface area contributed by atoms with Gasteiger partial charge in [0.1, 0.15) is 11.5 Å². The van der Waals surface area contributed by atoms with Crippen molar-refractivity contribution in [3.8, 4) is 0 Å². The maximum atomic E-state index is 13.4. The minimum absolute atomic E-state index is 0.0505. The van der Waals surface area contributed by atoms with Gasteiger partial charge in [-0.15, -0.1) is 0 Å².